The molecule has 0 N–H and O–H groups in total. The molecule has 2 heterocycles. The molecule has 1 fully saturated rings. The van der Waals surface area contributed by atoms with Crippen LogP contribution in [0.1, 0.15) is 5.56 Å². The molecule has 0 saturated carbocycles. The minimum Gasteiger partial charge on any atom is -0.454 e. The molecule has 2 aliphatic heterocycles. The molecule has 2 aromatic carbocycles. The van der Waals surface area contributed by atoms with E-state index in [0.717, 1.165) is 40.9 Å². The largest absolute Gasteiger partial charge is 0.454 e. The van der Waals surface area contributed by atoms with Gasteiger partial charge in [0.1, 0.15) is 0 Å². The SMILES string of the molecule is O=C(/C=C/c1ccc2c(c1)OCO2)N1CCN(c2cccc(Cl)c2)CC1. The molecule has 4 rings (SSSR count). The van der Waals surface area contributed by atoms with Gasteiger partial charge in [0.2, 0.25) is 12.7 Å². The number of hydrogen-bond donors (Lipinski definition) is 0. The standard InChI is InChI=1S/C20H19ClN2O3/c21-16-2-1-3-17(13-16)22-8-10-23(11-9-22)20(24)7-5-15-4-6-18-19(12-15)26-14-25-18/h1-7,12-13H,8-11,14H2/b7-5+. The van der Waals surface area contributed by atoms with E-state index in [1.165, 1.54) is 0 Å². The number of nitrogens with zero attached hydrogens (tertiary/aromatic N) is 2. The Morgan fingerprint density at radius 2 is 1.81 bits per heavy atom. The minimum absolute atomic E-state index is 0.0217. The average Bonchev–Trinajstić information content (AvgIpc) is 3.14. The highest BCUT2D eigenvalue weighted by atomic mass is 35.5. The van der Waals surface area contributed by atoms with Crippen molar-refractivity contribution in [2.45, 2.75) is 0 Å². The van der Waals surface area contributed by atoms with Crippen molar-refractivity contribution in [1.82, 2.24) is 4.90 Å². The lowest BCUT2D eigenvalue weighted by Gasteiger charge is -2.35. The van der Waals surface area contributed by atoms with Gasteiger partial charge in [-0.1, -0.05) is 23.7 Å². The van der Waals surface area contributed by atoms with Crippen LogP contribution in [0.4, 0.5) is 5.69 Å². The van der Waals surface area contributed by atoms with E-state index in [-0.39, 0.29) is 12.7 Å². The number of ether oxygens (including phenoxy) is 2. The van der Waals surface area contributed by atoms with Gasteiger partial charge in [0, 0.05) is 43.0 Å². The molecular weight excluding hydrogens is 352 g/mol. The molecule has 0 atom stereocenters. The van der Waals surface area contributed by atoms with E-state index >= 15 is 0 Å². The van der Waals surface area contributed by atoms with E-state index in [4.69, 9.17) is 21.1 Å². The fourth-order valence-electron chi connectivity index (χ4n) is 3.15. The number of halogens is 1. The fraction of sp³-hybridized carbons (Fsp3) is 0.250. The minimum atomic E-state index is 0.0217. The molecule has 0 bridgehead atoms. The second-order valence-corrected chi connectivity index (χ2v) is 6.67. The molecule has 0 aliphatic carbocycles. The van der Waals surface area contributed by atoms with Gasteiger partial charge in [-0.2, -0.15) is 0 Å². The van der Waals surface area contributed by atoms with Crippen molar-refractivity contribution in [3.63, 3.8) is 0 Å². The van der Waals surface area contributed by atoms with Crippen molar-refractivity contribution in [3.8, 4) is 11.5 Å². The van der Waals surface area contributed by atoms with Crippen LogP contribution in [0, 0.1) is 0 Å². The lowest BCUT2D eigenvalue weighted by molar-refractivity contribution is -0.126. The van der Waals surface area contributed by atoms with Crippen molar-refractivity contribution < 1.29 is 14.3 Å². The molecule has 2 aliphatic rings. The highest BCUT2D eigenvalue weighted by molar-refractivity contribution is 6.30. The van der Waals surface area contributed by atoms with Gasteiger partial charge in [-0.3, -0.25) is 4.79 Å². The van der Waals surface area contributed by atoms with E-state index in [1.807, 2.05) is 53.4 Å². The quantitative estimate of drug-likeness (QED) is 0.776. The maximum Gasteiger partial charge on any atom is 0.246 e. The van der Waals surface area contributed by atoms with Gasteiger partial charge in [-0.15, -0.1) is 0 Å². The van der Waals surface area contributed by atoms with Crippen LogP contribution in [0.15, 0.2) is 48.5 Å². The number of carbonyl (C=O) groups is 1. The topological polar surface area (TPSA) is 42.0 Å². The summed E-state index contributed by atoms with van der Waals surface area (Å²) in [7, 11) is 0. The normalized spacial score (nSPS) is 16.3. The highest BCUT2D eigenvalue weighted by Crippen LogP contribution is 2.32. The maximum atomic E-state index is 12.4. The second kappa shape index (κ2) is 7.30. The predicted octanol–water partition coefficient (Wildman–Crippen LogP) is 3.43. The number of fused-ring (bicyclic) bond motifs is 1. The van der Waals surface area contributed by atoms with Crippen LogP contribution >= 0.6 is 11.6 Å². The predicted molar refractivity (Wildman–Crippen MR) is 102 cm³/mol. The summed E-state index contributed by atoms with van der Waals surface area (Å²) in [4.78, 5) is 16.6. The Labute approximate surface area is 157 Å². The lowest BCUT2D eigenvalue weighted by Crippen LogP contribution is -2.48. The van der Waals surface area contributed by atoms with E-state index < -0.39 is 0 Å². The molecule has 0 spiro atoms. The Balaban J connectivity index is 1.35. The van der Waals surface area contributed by atoms with Crippen LogP contribution in [0.25, 0.3) is 6.08 Å². The Hall–Kier alpha value is -2.66. The second-order valence-electron chi connectivity index (χ2n) is 6.24. The van der Waals surface area contributed by atoms with E-state index in [1.54, 1.807) is 6.08 Å². The van der Waals surface area contributed by atoms with Gasteiger partial charge in [-0.25, -0.2) is 0 Å². The maximum absolute atomic E-state index is 12.4. The van der Waals surface area contributed by atoms with Gasteiger partial charge in [-0.05, 0) is 42.0 Å². The van der Waals surface area contributed by atoms with Gasteiger partial charge in [0.25, 0.3) is 0 Å². The molecule has 1 saturated heterocycles. The van der Waals surface area contributed by atoms with Gasteiger partial charge in [0.05, 0.1) is 0 Å². The Bertz CT molecular complexity index is 845. The summed E-state index contributed by atoms with van der Waals surface area (Å²) in [6.07, 6.45) is 3.43. The smallest absolute Gasteiger partial charge is 0.246 e. The van der Waals surface area contributed by atoms with Crippen LogP contribution < -0.4 is 14.4 Å². The summed E-state index contributed by atoms with van der Waals surface area (Å²) in [6, 6.07) is 13.5. The van der Waals surface area contributed by atoms with Crippen molar-refractivity contribution in [2.24, 2.45) is 0 Å². The summed E-state index contributed by atoms with van der Waals surface area (Å²) < 4.78 is 10.7. The molecule has 0 aromatic heterocycles. The highest BCUT2D eigenvalue weighted by Gasteiger charge is 2.20. The zero-order chi connectivity index (χ0) is 17.9. The van der Waals surface area contributed by atoms with Crippen LogP contribution in [-0.4, -0.2) is 43.8 Å². The number of rotatable bonds is 3. The first-order valence-electron chi connectivity index (χ1n) is 8.56. The zero-order valence-electron chi connectivity index (χ0n) is 14.2. The third-order valence-corrected chi connectivity index (χ3v) is 4.81. The number of piperazine rings is 1. The molecule has 5 nitrogen and oxygen atoms in total. The van der Waals surface area contributed by atoms with Crippen LogP contribution in [0.5, 0.6) is 11.5 Å². The molecule has 26 heavy (non-hydrogen) atoms. The van der Waals surface area contributed by atoms with Crippen LogP contribution in [0.2, 0.25) is 5.02 Å². The number of benzene rings is 2. The summed E-state index contributed by atoms with van der Waals surface area (Å²) in [5.74, 6) is 1.48. The number of anilines is 1. The summed E-state index contributed by atoms with van der Waals surface area (Å²) in [5.41, 5.74) is 2.01. The fourth-order valence-corrected chi connectivity index (χ4v) is 3.33. The molecule has 0 radical (unpaired) electrons. The first kappa shape index (κ1) is 16.8. The van der Waals surface area contributed by atoms with Crippen molar-refractivity contribution in [1.29, 1.82) is 0 Å². The number of carbonyl (C=O) groups excluding carboxylic acids is 1. The summed E-state index contributed by atoms with van der Waals surface area (Å²) in [5, 5.41) is 0.729. The number of hydrogen-bond acceptors (Lipinski definition) is 4. The van der Waals surface area contributed by atoms with E-state index in [0.29, 0.717) is 13.1 Å². The van der Waals surface area contributed by atoms with Crippen LogP contribution in [0.3, 0.4) is 0 Å². The monoisotopic (exact) mass is 370 g/mol. The first-order chi connectivity index (χ1) is 12.7. The molecular formula is C20H19ClN2O3. The Morgan fingerprint density at radius 1 is 1.00 bits per heavy atom. The van der Waals surface area contributed by atoms with E-state index in [2.05, 4.69) is 4.90 Å². The molecule has 134 valence electrons. The van der Waals surface area contributed by atoms with E-state index in [9.17, 15) is 4.79 Å². The Morgan fingerprint density at radius 3 is 2.62 bits per heavy atom. The molecule has 2 aromatic rings. The molecule has 1 amide bonds. The third-order valence-electron chi connectivity index (χ3n) is 4.58. The zero-order valence-corrected chi connectivity index (χ0v) is 15.0. The van der Waals surface area contributed by atoms with Gasteiger partial charge < -0.3 is 19.3 Å². The van der Waals surface area contributed by atoms with Crippen molar-refractivity contribution in [3.05, 3.63) is 59.1 Å². The molecule has 6 heteroatoms. The lowest BCUT2D eigenvalue weighted by atomic mass is 10.2. The first-order valence-corrected chi connectivity index (χ1v) is 8.94. The summed E-state index contributed by atoms with van der Waals surface area (Å²) >= 11 is 6.06. The summed E-state index contributed by atoms with van der Waals surface area (Å²) in [6.45, 7) is 3.22. The number of amides is 1. The van der Waals surface area contributed by atoms with Gasteiger partial charge in [0.15, 0.2) is 11.5 Å². The Kier molecular flexibility index (Phi) is 4.71. The van der Waals surface area contributed by atoms with Crippen molar-refractivity contribution >= 4 is 29.3 Å². The van der Waals surface area contributed by atoms with Crippen LogP contribution in [-0.2, 0) is 4.79 Å². The van der Waals surface area contributed by atoms with Gasteiger partial charge >= 0.3 is 0 Å². The average molecular weight is 371 g/mol. The third kappa shape index (κ3) is 3.63. The van der Waals surface area contributed by atoms with Crippen molar-refractivity contribution in [2.75, 3.05) is 37.9 Å². The molecule has 0 unspecified atom stereocenters.